The van der Waals surface area contributed by atoms with Gasteiger partial charge in [0.1, 0.15) is 11.2 Å². The van der Waals surface area contributed by atoms with E-state index in [4.69, 9.17) is 14.6 Å². The van der Waals surface area contributed by atoms with Crippen molar-refractivity contribution in [1.82, 2.24) is 30.2 Å². The van der Waals surface area contributed by atoms with Crippen LogP contribution in [0.1, 0.15) is 80.1 Å². The van der Waals surface area contributed by atoms with Crippen LogP contribution in [0.3, 0.4) is 0 Å². The van der Waals surface area contributed by atoms with E-state index in [0.29, 0.717) is 50.8 Å². The first-order valence-electron chi connectivity index (χ1n) is 20.9. The van der Waals surface area contributed by atoms with Gasteiger partial charge in [-0.05, 0) is 93.2 Å². The Kier molecular flexibility index (Phi) is 22.1. The SMILES string of the molecule is C1CSCCN1.CC(C)(C)OC(=O)N1CCC(C(=O)N2CCSCC2)CC1.CC(C)(C)OC(=O)N1CCC(C(=O)O)CC1.O=C(C1CCNCC1)N1CCSCC1. The van der Waals surface area contributed by atoms with Gasteiger partial charge in [-0.15, -0.1) is 0 Å². The van der Waals surface area contributed by atoms with Gasteiger partial charge in [-0.1, -0.05) is 0 Å². The van der Waals surface area contributed by atoms with Gasteiger partial charge >= 0.3 is 18.2 Å². The molecular formula is C40H72N6O8S3. The maximum absolute atomic E-state index is 12.4. The van der Waals surface area contributed by atoms with E-state index in [1.54, 1.807) is 9.80 Å². The van der Waals surface area contributed by atoms with Crippen LogP contribution in [-0.4, -0.2) is 179 Å². The van der Waals surface area contributed by atoms with Crippen molar-refractivity contribution in [2.75, 3.05) is 113 Å². The summed E-state index contributed by atoms with van der Waals surface area (Å²) in [5.41, 5.74) is -0.962. The lowest BCUT2D eigenvalue weighted by molar-refractivity contribution is -0.143. The molecule has 3 N–H and O–H groups in total. The average molecular weight is 861 g/mol. The van der Waals surface area contributed by atoms with Crippen LogP contribution in [-0.2, 0) is 23.9 Å². The number of carbonyl (C=O) groups is 5. The van der Waals surface area contributed by atoms with Crippen LogP contribution in [0.4, 0.5) is 9.59 Å². The predicted octanol–water partition coefficient (Wildman–Crippen LogP) is 4.81. The second kappa shape index (κ2) is 25.5. The normalized spacial score (nSPS) is 21.6. The largest absolute Gasteiger partial charge is 0.481 e. The van der Waals surface area contributed by atoms with Crippen molar-refractivity contribution >= 4 is 65.3 Å². The molecule has 0 aromatic heterocycles. The second-order valence-electron chi connectivity index (χ2n) is 17.1. The van der Waals surface area contributed by atoms with Crippen LogP contribution in [0.2, 0.25) is 0 Å². The van der Waals surface area contributed by atoms with E-state index in [-0.39, 0.29) is 29.9 Å². The molecule has 0 aromatic carbocycles. The summed E-state index contributed by atoms with van der Waals surface area (Å²) in [5.74, 6) is 6.91. The quantitative estimate of drug-likeness (QED) is 0.355. The van der Waals surface area contributed by atoms with Gasteiger partial charge in [0, 0.05) is 112 Å². The minimum Gasteiger partial charge on any atom is -0.481 e. The fraction of sp³-hybridized carbons (Fsp3) is 0.875. The molecule has 0 atom stereocenters. The van der Waals surface area contributed by atoms with Gasteiger partial charge in [0.2, 0.25) is 11.8 Å². The highest BCUT2D eigenvalue weighted by Gasteiger charge is 2.33. The van der Waals surface area contributed by atoms with Crippen LogP contribution >= 0.6 is 35.3 Å². The Hall–Kier alpha value is -2.08. The fourth-order valence-corrected chi connectivity index (χ4v) is 9.53. The lowest BCUT2D eigenvalue weighted by atomic mass is 9.95. The van der Waals surface area contributed by atoms with Gasteiger partial charge < -0.3 is 44.8 Å². The van der Waals surface area contributed by atoms with Gasteiger partial charge in [0.25, 0.3) is 0 Å². The van der Waals surface area contributed by atoms with E-state index in [0.717, 1.165) is 88.0 Å². The summed E-state index contributed by atoms with van der Waals surface area (Å²) in [5, 5.41) is 15.4. The standard InChI is InChI=1S/C15H26N2O3S.C11H19NO4.C10H18N2OS.C4H9NS/c1-15(2,3)20-14(19)17-6-4-12(5-7-17)13(18)16-8-10-21-11-9-16;1-11(2,3)16-10(15)12-6-4-8(5-7-12)9(13)14;13-10(9-1-3-11-4-2-9)12-5-7-14-8-6-12;1-3-6-4-2-5-1/h12H,4-11H2,1-3H3;8H,4-7H2,1-3H3,(H,13,14);9,11H,1-8H2;5H,1-4H2. The van der Waals surface area contributed by atoms with Crippen molar-refractivity contribution in [1.29, 1.82) is 0 Å². The first-order chi connectivity index (χ1) is 27.0. The molecule has 6 heterocycles. The molecule has 6 aliphatic rings. The van der Waals surface area contributed by atoms with Gasteiger partial charge in [0.05, 0.1) is 5.92 Å². The number of hydrogen-bond donors (Lipinski definition) is 3. The van der Waals surface area contributed by atoms with Gasteiger partial charge in [-0.3, -0.25) is 14.4 Å². The highest BCUT2D eigenvalue weighted by molar-refractivity contribution is 7.99. The van der Waals surface area contributed by atoms with Crippen molar-refractivity contribution in [2.24, 2.45) is 17.8 Å². The lowest BCUT2D eigenvalue weighted by Gasteiger charge is -2.36. The number of carbonyl (C=O) groups excluding carboxylic acids is 4. The van der Waals surface area contributed by atoms with Crippen molar-refractivity contribution < 1.29 is 38.6 Å². The number of nitrogens with one attached hydrogen (secondary N) is 2. The zero-order chi connectivity index (χ0) is 41.8. The Morgan fingerprint density at radius 1 is 0.474 bits per heavy atom. The van der Waals surface area contributed by atoms with E-state index < -0.39 is 17.2 Å². The predicted molar refractivity (Wildman–Crippen MR) is 232 cm³/mol. The monoisotopic (exact) mass is 860 g/mol. The number of hydrogen-bond acceptors (Lipinski definition) is 12. The molecule has 6 aliphatic heterocycles. The number of carboxylic acids is 1. The molecule has 57 heavy (non-hydrogen) atoms. The maximum atomic E-state index is 12.4. The third kappa shape index (κ3) is 19.7. The van der Waals surface area contributed by atoms with Crippen LogP contribution in [0.25, 0.3) is 0 Å². The molecule has 328 valence electrons. The van der Waals surface area contributed by atoms with E-state index in [1.807, 2.05) is 81.7 Å². The van der Waals surface area contributed by atoms with Gasteiger partial charge in [-0.2, -0.15) is 35.3 Å². The Morgan fingerprint density at radius 3 is 1.12 bits per heavy atom. The number of ether oxygens (including phenoxy) is 2. The zero-order valence-electron chi connectivity index (χ0n) is 35.5. The maximum Gasteiger partial charge on any atom is 0.410 e. The lowest BCUT2D eigenvalue weighted by Crippen LogP contribution is -2.47. The molecule has 0 spiro atoms. The Morgan fingerprint density at radius 2 is 0.807 bits per heavy atom. The number of carboxylic acid groups (broad SMARTS) is 1. The Labute approximate surface area is 354 Å². The number of thioether (sulfide) groups is 3. The van der Waals surface area contributed by atoms with Crippen molar-refractivity contribution in [3.05, 3.63) is 0 Å². The van der Waals surface area contributed by atoms with Gasteiger partial charge in [0.15, 0.2) is 0 Å². The summed E-state index contributed by atoms with van der Waals surface area (Å²) >= 11 is 5.90. The molecule has 6 rings (SSSR count). The summed E-state index contributed by atoms with van der Waals surface area (Å²) in [7, 11) is 0. The van der Waals surface area contributed by atoms with E-state index in [2.05, 4.69) is 15.5 Å². The Bertz CT molecular complexity index is 1200. The zero-order valence-corrected chi connectivity index (χ0v) is 38.0. The minimum absolute atomic E-state index is 0.0757. The Balaban J connectivity index is 0.000000217. The summed E-state index contributed by atoms with van der Waals surface area (Å²) in [4.78, 5) is 66.2. The first-order valence-corrected chi connectivity index (χ1v) is 24.4. The summed E-state index contributed by atoms with van der Waals surface area (Å²) < 4.78 is 10.6. The number of piperidine rings is 3. The third-order valence-corrected chi connectivity index (χ3v) is 13.0. The van der Waals surface area contributed by atoms with Crippen molar-refractivity contribution in [3.63, 3.8) is 0 Å². The van der Waals surface area contributed by atoms with Crippen LogP contribution in [0.15, 0.2) is 0 Å². The number of amides is 4. The number of likely N-dealkylation sites (tertiary alicyclic amines) is 2. The summed E-state index contributed by atoms with van der Waals surface area (Å²) in [6, 6.07) is 0. The van der Waals surface area contributed by atoms with E-state index >= 15 is 0 Å². The number of rotatable bonds is 3. The average Bonchev–Trinajstić information content (AvgIpc) is 3.21. The molecule has 4 amide bonds. The summed E-state index contributed by atoms with van der Waals surface area (Å²) in [6.45, 7) is 21.3. The van der Waals surface area contributed by atoms with E-state index in [1.165, 1.54) is 24.6 Å². The van der Waals surface area contributed by atoms with Crippen LogP contribution in [0, 0.1) is 17.8 Å². The molecule has 6 fully saturated rings. The highest BCUT2D eigenvalue weighted by atomic mass is 32.2. The topological polar surface area (TPSA) is 161 Å². The van der Waals surface area contributed by atoms with Crippen LogP contribution in [0.5, 0.6) is 0 Å². The molecule has 0 radical (unpaired) electrons. The number of aliphatic carboxylic acids is 1. The molecule has 0 aromatic rings. The fourth-order valence-electron chi connectivity index (χ4n) is 6.94. The summed E-state index contributed by atoms with van der Waals surface area (Å²) in [6.07, 6.45) is 3.97. The second-order valence-corrected chi connectivity index (χ2v) is 20.8. The molecular weight excluding hydrogens is 789 g/mol. The molecule has 0 unspecified atom stereocenters. The smallest absolute Gasteiger partial charge is 0.410 e. The highest BCUT2D eigenvalue weighted by Crippen LogP contribution is 2.24. The van der Waals surface area contributed by atoms with E-state index in [9.17, 15) is 24.0 Å². The molecule has 14 nitrogen and oxygen atoms in total. The third-order valence-electron chi connectivity index (χ3n) is 10.2. The molecule has 6 saturated heterocycles. The minimum atomic E-state index is -0.774. The first kappa shape index (κ1) is 49.3. The van der Waals surface area contributed by atoms with Crippen molar-refractivity contribution in [2.45, 2.75) is 91.3 Å². The van der Waals surface area contributed by atoms with Crippen LogP contribution < -0.4 is 10.6 Å². The van der Waals surface area contributed by atoms with Gasteiger partial charge in [-0.25, -0.2) is 9.59 Å². The molecule has 0 saturated carbocycles. The number of nitrogens with zero attached hydrogens (tertiary/aromatic N) is 4. The molecule has 0 aliphatic carbocycles. The molecule has 0 bridgehead atoms. The molecule has 17 heteroatoms. The van der Waals surface area contributed by atoms with Crippen molar-refractivity contribution in [3.8, 4) is 0 Å².